The first-order valence-electron chi connectivity index (χ1n) is 61.2. The third-order valence-corrected chi connectivity index (χ3v) is 34.3. The number of rotatable bonds is 88. The Kier molecular flexibility index (Phi) is 62.8. The Morgan fingerprint density at radius 2 is 0.235 bits per heavy atom. The number of hydrogen-bond donors (Lipinski definition) is 2. The molecule has 8 aromatic rings. The molecule has 0 saturated carbocycles. The zero-order valence-corrected chi connectivity index (χ0v) is 92.6. The van der Waals surface area contributed by atoms with Gasteiger partial charge in [-0.2, -0.15) is 0 Å². The van der Waals surface area contributed by atoms with E-state index >= 15 is 0 Å². The molecule has 8 bridgehead atoms. The monoisotopic (exact) mass is 1890 g/mol. The Bertz CT molecular complexity index is 4060. The number of aromatic amines is 2. The molecule has 0 radical (unpaired) electrons. The normalized spacial score (nSPS) is 12.3. The van der Waals surface area contributed by atoms with Crippen molar-refractivity contribution in [1.29, 1.82) is 0 Å². The lowest BCUT2D eigenvalue weighted by atomic mass is 9.92. The highest BCUT2D eigenvalue weighted by Crippen LogP contribution is 2.37. The van der Waals surface area contributed by atoms with Crippen LogP contribution < -0.4 is 18.1 Å². The van der Waals surface area contributed by atoms with E-state index in [1.807, 2.05) is 0 Å². The van der Waals surface area contributed by atoms with Crippen molar-refractivity contribution in [3.05, 3.63) is 134 Å². The highest BCUT2D eigenvalue weighted by molar-refractivity contribution is 7.09. The lowest BCUT2D eigenvalue weighted by Crippen LogP contribution is -2.01. The summed E-state index contributed by atoms with van der Waals surface area (Å²) in [5, 5.41) is 11.7. The molecule has 0 fully saturated rings. The SMILES string of the molecule is CCCCCCCCCCCCc1cc2c3[nH]c(c2cc1CCCCCCCCCCCC)C=c1sc(c2cc(CCCCCCCCCCCC)c(CCCCCCCCCCCC)cc12)=Cc1[nH]c(c2cc(CCCCCCCCCCCC)c(CCCCCCCCCCCC)cc12)C=c1sc(c2cc(CCCCCCCCCCCC)c(CCCCCCCCCCCC)cc12)=C3. The smallest absolute Gasteiger partial charge is 0.0479 e. The summed E-state index contributed by atoms with van der Waals surface area (Å²) in [7, 11) is 0. The Hall–Kier alpha value is -4.64. The highest BCUT2D eigenvalue weighted by atomic mass is 32.1. The van der Waals surface area contributed by atoms with Gasteiger partial charge in [0.25, 0.3) is 0 Å². The van der Waals surface area contributed by atoms with Crippen LogP contribution in [-0.2, 0) is 51.4 Å². The number of aromatic nitrogens is 2. The van der Waals surface area contributed by atoms with E-state index in [2.05, 4.69) is 161 Å². The number of unbranched alkanes of at least 4 members (excludes halogenated alkanes) is 72. The van der Waals surface area contributed by atoms with Crippen molar-refractivity contribution in [1.82, 2.24) is 9.97 Å². The summed E-state index contributed by atoms with van der Waals surface area (Å²) in [6.45, 7) is 18.9. The minimum absolute atomic E-state index is 1.18. The van der Waals surface area contributed by atoms with Crippen LogP contribution in [0.2, 0.25) is 0 Å². The van der Waals surface area contributed by atoms with E-state index in [0.717, 1.165) is 0 Å². The summed E-state index contributed by atoms with van der Waals surface area (Å²) < 4.78 is 5.73. The molecular weight excluding hydrogens is 1680 g/mol. The quantitative estimate of drug-likeness (QED) is 0.0356. The van der Waals surface area contributed by atoms with Gasteiger partial charge in [0, 0.05) is 84.0 Å². The van der Waals surface area contributed by atoms with E-state index in [1.54, 1.807) is 44.5 Å². The van der Waals surface area contributed by atoms with Gasteiger partial charge < -0.3 is 9.97 Å². The number of H-pyrrole nitrogens is 2. The fraction of sp³-hybridized carbons (Fsp3) is 0.727. The van der Waals surface area contributed by atoms with Crippen LogP contribution in [-0.4, -0.2) is 9.97 Å². The van der Waals surface area contributed by atoms with E-state index in [-0.39, 0.29) is 0 Å². The van der Waals surface area contributed by atoms with E-state index < -0.39 is 0 Å². The van der Waals surface area contributed by atoms with Gasteiger partial charge in [0.2, 0.25) is 0 Å². The molecule has 2 nitrogen and oxygen atoms in total. The van der Waals surface area contributed by atoms with Crippen LogP contribution in [0.15, 0.2) is 48.5 Å². The molecule has 5 heterocycles. The Balaban J connectivity index is 1.27. The van der Waals surface area contributed by atoms with E-state index in [0.29, 0.717) is 0 Å². The summed E-state index contributed by atoms with van der Waals surface area (Å²) in [6.07, 6.45) is 131. The van der Waals surface area contributed by atoms with Gasteiger partial charge in [0.05, 0.1) is 0 Å². The number of thiophene rings is 2. The standard InChI is InChI=1S/C132H214N2S2/c1-9-17-25-33-41-49-57-65-73-81-89-109-97-117-118(98-110(109)90-82-74-66-58-50-42-34-26-18-10-2)126-106-130-123-103-115(95-87-79-71-63-55-47-39-31-23-15-7)116(96-88-80-72-64-56-48-40-32-24-16-8)104-124(123)132(136-130)108-128-120-100-112(92-84-76-68-60-52-44-36-28-20-12-4)111(91-83-75-67-59-51-43-35-27-19-11-3)99-119(120)127(134-128)107-131-122-102-114(94-86-78-70-62-54-46-38-30-22-14-6)113(101-121(122)129(135-131)105-125(117)133-126)93-85-77-69-61-53-45-37-29-21-13-5/h97-108,133-134H,9-96H2,1-8H3. The molecule has 136 heavy (non-hydrogen) atoms. The van der Waals surface area contributed by atoms with Crippen molar-refractivity contribution in [2.45, 2.75) is 620 Å². The Labute approximate surface area is 848 Å². The second-order valence-electron chi connectivity index (χ2n) is 44.3. The van der Waals surface area contributed by atoms with Crippen molar-refractivity contribution >= 4 is 90.1 Å². The second kappa shape index (κ2) is 74.3. The molecule has 0 amide bonds. The average Bonchev–Trinajstić information content (AvgIpc) is 1.59. The maximum atomic E-state index is 4.49. The number of nitrogens with one attached hydrogen (secondary N) is 2. The van der Waals surface area contributed by atoms with Crippen molar-refractivity contribution in [3.8, 4) is 0 Å². The summed E-state index contributed by atoms with van der Waals surface area (Å²) in [4.78, 5) is 8.97. The minimum atomic E-state index is 1.18. The van der Waals surface area contributed by atoms with Gasteiger partial charge in [0.1, 0.15) is 0 Å². The molecule has 0 aliphatic carbocycles. The number of aryl methyl sites for hydroxylation is 8. The fourth-order valence-electron chi connectivity index (χ4n) is 23.2. The van der Waals surface area contributed by atoms with Crippen LogP contribution in [0.3, 0.4) is 0 Å². The largest absolute Gasteiger partial charge is 0.354 e. The lowest BCUT2D eigenvalue weighted by molar-refractivity contribution is 0.553. The zero-order valence-electron chi connectivity index (χ0n) is 91.0. The van der Waals surface area contributed by atoms with Crippen molar-refractivity contribution in [2.24, 2.45) is 0 Å². The molecule has 0 atom stereocenters. The van der Waals surface area contributed by atoms with E-state index in [1.165, 1.54) is 649 Å². The van der Waals surface area contributed by atoms with Crippen molar-refractivity contribution < 1.29 is 0 Å². The van der Waals surface area contributed by atoms with Crippen LogP contribution in [0.25, 0.3) is 67.4 Å². The number of hydrogen-bond acceptors (Lipinski definition) is 2. The summed E-state index contributed by atoms with van der Waals surface area (Å²) in [6, 6.07) is 22.3. The number of benzene rings is 4. The fourth-order valence-corrected chi connectivity index (χ4v) is 25.5. The van der Waals surface area contributed by atoms with Crippen molar-refractivity contribution in [3.63, 3.8) is 0 Å². The minimum Gasteiger partial charge on any atom is -0.354 e. The molecule has 4 heteroatoms. The van der Waals surface area contributed by atoms with Crippen LogP contribution in [0.1, 0.15) is 636 Å². The predicted octanol–water partition coefficient (Wildman–Crippen LogP) is 42.4. The van der Waals surface area contributed by atoms with Crippen LogP contribution in [0.4, 0.5) is 0 Å². The maximum Gasteiger partial charge on any atom is 0.0479 e. The Morgan fingerprint density at radius 3 is 0.353 bits per heavy atom. The van der Waals surface area contributed by atoms with E-state index in [9.17, 15) is 0 Å². The average molecular weight is 1890 g/mol. The van der Waals surface area contributed by atoms with Gasteiger partial charge in [-0.05, 0) is 220 Å². The first kappa shape index (κ1) is 115. The van der Waals surface area contributed by atoms with E-state index in [4.69, 9.17) is 0 Å². The molecule has 0 unspecified atom stereocenters. The van der Waals surface area contributed by atoms with Gasteiger partial charge in [-0.3, -0.25) is 0 Å². The van der Waals surface area contributed by atoms with Crippen LogP contribution in [0, 0.1) is 0 Å². The van der Waals surface area contributed by atoms with Gasteiger partial charge in [-0.1, -0.05) is 518 Å². The molecule has 1 aliphatic heterocycles. The van der Waals surface area contributed by atoms with Gasteiger partial charge in [-0.25, -0.2) is 0 Å². The zero-order chi connectivity index (χ0) is 95.4. The van der Waals surface area contributed by atoms with Gasteiger partial charge in [0.15, 0.2) is 0 Å². The topological polar surface area (TPSA) is 31.6 Å². The van der Waals surface area contributed by atoms with Crippen LogP contribution >= 0.6 is 22.7 Å². The molecule has 2 N–H and O–H groups in total. The van der Waals surface area contributed by atoms with Crippen molar-refractivity contribution in [2.75, 3.05) is 0 Å². The number of fused-ring (bicyclic) bond motifs is 20. The lowest BCUT2D eigenvalue weighted by Gasteiger charge is -2.12. The third kappa shape index (κ3) is 44.3. The maximum absolute atomic E-state index is 4.49. The summed E-state index contributed by atoms with van der Waals surface area (Å²) in [5.74, 6) is 0. The molecule has 0 spiro atoms. The molecule has 4 aromatic carbocycles. The molecule has 0 saturated heterocycles. The first-order chi connectivity index (χ1) is 67.3. The highest BCUT2D eigenvalue weighted by Gasteiger charge is 2.22. The third-order valence-electron chi connectivity index (χ3n) is 32.1. The molecule has 764 valence electrons. The molecule has 9 rings (SSSR count). The first-order valence-corrected chi connectivity index (χ1v) is 62.9. The molecule has 4 aromatic heterocycles. The molecule has 1 aliphatic rings. The van der Waals surface area contributed by atoms with Crippen LogP contribution in [0.5, 0.6) is 0 Å². The summed E-state index contributed by atoms with van der Waals surface area (Å²) in [5.41, 5.74) is 18.4. The van der Waals surface area contributed by atoms with Gasteiger partial charge >= 0.3 is 0 Å². The second-order valence-corrected chi connectivity index (χ2v) is 46.4. The molecular formula is C132H214N2S2. The van der Waals surface area contributed by atoms with Gasteiger partial charge in [-0.15, -0.1) is 22.7 Å². The Morgan fingerprint density at radius 1 is 0.132 bits per heavy atom. The summed E-state index contributed by atoms with van der Waals surface area (Å²) >= 11 is 4.22. The predicted molar refractivity (Wildman–Crippen MR) is 617 cm³/mol.